The highest BCUT2D eigenvalue weighted by Gasteiger charge is 2.33. The van der Waals surface area contributed by atoms with Crippen molar-refractivity contribution in [3.8, 4) is 0 Å². The van der Waals surface area contributed by atoms with Gasteiger partial charge in [0.2, 0.25) is 5.85 Å². The molecule has 0 aromatic heterocycles. The second kappa shape index (κ2) is 2.65. The van der Waals surface area contributed by atoms with Crippen LogP contribution >= 0.6 is 0 Å². The molecule has 0 spiro atoms. The van der Waals surface area contributed by atoms with E-state index in [9.17, 15) is 4.39 Å². The number of halogens is 1. The van der Waals surface area contributed by atoms with Gasteiger partial charge in [0.05, 0.1) is 6.61 Å². The van der Waals surface area contributed by atoms with Crippen molar-refractivity contribution in [1.82, 2.24) is 0 Å². The zero-order valence-electron chi connectivity index (χ0n) is 5.82. The first-order valence-electron chi connectivity index (χ1n) is 3.60. The minimum absolute atomic E-state index is 0.562. The summed E-state index contributed by atoms with van der Waals surface area (Å²) in [5.41, 5.74) is 0. The monoisotopic (exact) mass is 132 g/mol. The lowest BCUT2D eigenvalue weighted by Crippen LogP contribution is -2.19. The Morgan fingerprint density at radius 3 is 2.89 bits per heavy atom. The van der Waals surface area contributed by atoms with Gasteiger partial charge in [0, 0.05) is 12.8 Å². The van der Waals surface area contributed by atoms with Crippen LogP contribution in [0.1, 0.15) is 32.6 Å². The van der Waals surface area contributed by atoms with Crippen LogP contribution in [0.25, 0.3) is 0 Å². The smallest absolute Gasteiger partial charge is 0.209 e. The van der Waals surface area contributed by atoms with Gasteiger partial charge in [-0.05, 0) is 6.42 Å². The molecule has 2 heteroatoms. The molecule has 1 fully saturated rings. The summed E-state index contributed by atoms with van der Waals surface area (Å²) in [6.45, 7) is 2.58. The van der Waals surface area contributed by atoms with Crippen LogP contribution in [0.15, 0.2) is 0 Å². The maximum atomic E-state index is 13.1. The van der Waals surface area contributed by atoms with E-state index in [2.05, 4.69) is 0 Å². The Balaban J connectivity index is 2.32. The predicted octanol–water partition coefficient (Wildman–Crippen LogP) is 2.26. The fraction of sp³-hybridized carbons (Fsp3) is 1.00. The Hall–Kier alpha value is -0.110. The van der Waals surface area contributed by atoms with Gasteiger partial charge in [0.1, 0.15) is 0 Å². The van der Waals surface area contributed by atoms with E-state index >= 15 is 0 Å². The summed E-state index contributed by atoms with van der Waals surface area (Å²) in [4.78, 5) is 0. The van der Waals surface area contributed by atoms with Crippen LogP contribution in [0.4, 0.5) is 4.39 Å². The minimum atomic E-state index is -1.26. The van der Waals surface area contributed by atoms with E-state index in [0.717, 1.165) is 12.8 Å². The summed E-state index contributed by atoms with van der Waals surface area (Å²) < 4.78 is 18.0. The Morgan fingerprint density at radius 1 is 1.67 bits per heavy atom. The molecule has 1 saturated heterocycles. The van der Waals surface area contributed by atoms with Crippen LogP contribution in [-0.4, -0.2) is 12.5 Å². The third kappa shape index (κ3) is 1.65. The van der Waals surface area contributed by atoms with Gasteiger partial charge < -0.3 is 4.74 Å². The average molecular weight is 132 g/mol. The van der Waals surface area contributed by atoms with Crippen molar-refractivity contribution < 1.29 is 9.13 Å². The first-order chi connectivity index (χ1) is 4.27. The van der Waals surface area contributed by atoms with Crippen LogP contribution in [-0.2, 0) is 4.74 Å². The van der Waals surface area contributed by atoms with Gasteiger partial charge in [0.15, 0.2) is 0 Å². The maximum absolute atomic E-state index is 13.1. The molecule has 0 amide bonds. The Morgan fingerprint density at radius 2 is 2.44 bits per heavy atom. The largest absolute Gasteiger partial charge is 0.346 e. The summed E-state index contributed by atoms with van der Waals surface area (Å²) >= 11 is 0. The van der Waals surface area contributed by atoms with Crippen molar-refractivity contribution in [1.29, 1.82) is 0 Å². The molecule has 1 aliphatic heterocycles. The second-order valence-corrected chi connectivity index (χ2v) is 2.59. The molecule has 1 unspecified atom stereocenters. The van der Waals surface area contributed by atoms with E-state index in [4.69, 9.17) is 4.74 Å². The lowest BCUT2D eigenvalue weighted by molar-refractivity contribution is -0.111. The van der Waals surface area contributed by atoms with Crippen LogP contribution in [0.2, 0.25) is 0 Å². The lowest BCUT2D eigenvalue weighted by Gasteiger charge is -2.16. The van der Waals surface area contributed by atoms with Gasteiger partial charge in [-0.3, -0.25) is 0 Å². The van der Waals surface area contributed by atoms with E-state index in [1.165, 1.54) is 0 Å². The molecule has 0 N–H and O–H groups in total. The van der Waals surface area contributed by atoms with Gasteiger partial charge in [-0.25, -0.2) is 4.39 Å². The Bertz CT molecular complexity index is 86.9. The number of rotatable bonds is 2. The number of hydrogen-bond donors (Lipinski definition) is 0. The lowest BCUT2D eigenvalue weighted by atomic mass is 10.1. The molecular formula is C7H13FO. The molecule has 1 nitrogen and oxygen atoms in total. The van der Waals surface area contributed by atoms with Crippen molar-refractivity contribution in [2.45, 2.75) is 38.5 Å². The average Bonchev–Trinajstić information content (AvgIpc) is 2.16. The van der Waals surface area contributed by atoms with Gasteiger partial charge in [-0.2, -0.15) is 0 Å². The summed E-state index contributed by atoms with van der Waals surface area (Å²) in [6.07, 6.45) is 2.92. The SMILES string of the molecule is CCCC1(F)CCCO1. The van der Waals surface area contributed by atoms with E-state index in [0.29, 0.717) is 19.4 Å². The topological polar surface area (TPSA) is 9.23 Å². The van der Waals surface area contributed by atoms with Crippen LogP contribution in [0.3, 0.4) is 0 Å². The fourth-order valence-electron chi connectivity index (χ4n) is 1.23. The first-order valence-corrected chi connectivity index (χ1v) is 3.60. The van der Waals surface area contributed by atoms with Gasteiger partial charge in [-0.15, -0.1) is 0 Å². The number of alkyl halides is 1. The molecule has 1 rings (SSSR count). The molecule has 0 aliphatic carbocycles. The highest BCUT2D eigenvalue weighted by molar-refractivity contribution is 4.72. The first kappa shape index (κ1) is 7.00. The Kier molecular flexibility index (Phi) is 2.06. The van der Waals surface area contributed by atoms with Gasteiger partial charge in [-0.1, -0.05) is 13.3 Å². The summed E-state index contributed by atoms with van der Waals surface area (Å²) in [5.74, 6) is -1.26. The van der Waals surface area contributed by atoms with Crippen molar-refractivity contribution in [3.63, 3.8) is 0 Å². The Labute approximate surface area is 55.2 Å². The van der Waals surface area contributed by atoms with Crippen LogP contribution in [0, 0.1) is 0 Å². The highest BCUT2D eigenvalue weighted by atomic mass is 19.2. The quantitative estimate of drug-likeness (QED) is 0.560. The zero-order valence-corrected chi connectivity index (χ0v) is 5.82. The highest BCUT2D eigenvalue weighted by Crippen LogP contribution is 2.31. The maximum Gasteiger partial charge on any atom is 0.209 e. The molecule has 9 heavy (non-hydrogen) atoms. The molecule has 0 aromatic rings. The molecule has 54 valence electrons. The normalized spacial score (nSPS) is 35.3. The standard InChI is InChI=1S/C7H13FO/c1-2-4-7(8)5-3-6-9-7/h2-6H2,1H3. The molecule has 0 aromatic carbocycles. The van der Waals surface area contributed by atoms with Crippen molar-refractivity contribution in [3.05, 3.63) is 0 Å². The van der Waals surface area contributed by atoms with Crippen LogP contribution < -0.4 is 0 Å². The second-order valence-electron chi connectivity index (χ2n) is 2.59. The zero-order chi connectivity index (χ0) is 6.74. The van der Waals surface area contributed by atoms with Crippen LogP contribution in [0.5, 0.6) is 0 Å². The predicted molar refractivity (Wildman–Crippen MR) is 33.9 cm³/mol. The van der Waals surface area contributed by atoms with E-state index < -0.39 is 5.85 Å². The molecule has 0 radical (unpaired) electrons. The van der Waals surface area contributed by atoms with Crippen molar-refractivity contribution in [2.75, 3.05) is 6.61 Å². The molecule has 1 aliphatic rings. The molecule has 0 bridgehead atoms. The van der Waals surface area contributed by atoms with Crippen molar-refractivity contribution >= 4 is 0 Å². The summed E-state index contributed by atoms with van der Waals surface area (Å²) in [5, 5.41) is 0. The minimum Gasteiger partial charge on any atom is -0.346 e. The number of hydrogen-bond acceptors (Lipinski definition) is 1. The van der Waals surface area contributed by atoms with Gasteiger partial charge >= 0.3 is 0 Å². The van der Waals surface area contributed by atoms with Crippen molar-refractivity contribution in [2.24, 2.45) is 0 Å². The molecule has 1 heterocycles. The summed E-state index contributed by atoms with van der Waals surface area (Å²) in [7, 11) is 0. The molecule has 1 atom stereocenters. The summed E-state index contributed by atoms with van der Waals surface area (Å²) in [6, 6.07) is 0. The van der Waals surface area contributed by atoms with Gasteiger partial charge in [0.25, 0.3) is 0 Å². The van der Waals surface area contributed by atoms with E-state index in [1.54, 1.807) is 0 Å². The third-order valence-corrected chi connectivity index (χ3v) is 1.68. The van der Waals surface area contributed by atoms with E-state index in [1.807, 2.05) is 6.92 Å². The molecular weight excluding hydrogens is 119 g/mol. The third-order valence-electron chi connectivity index (χ3n) is 1.68. The van der Waals surface area contributed by atoms with E-state index in [-0.39, 0.29) is 0 Å². The number of ether oxygens (including phenoxy) is 1. The fourth-order valence-corrected chi connectivity index (χ4v) is 1.23. The molecule has 0 saturated carbocycles.